The number of rotatable bonds is 2. The molecular weight excluding hydrogens is 302 g/mol. The second-order valence-corrected chi connectivity index (χ2v) is 7.34. The molecule has 0 saturated carbocycles. The maximum atomic E-state index is 12.8. The van der Waals surface area contributed by atoms with Crippen LogP contribution in [0, 0.1) is 26.7 Å². The van der Waals surface area contributed by atoms with E-state index in [-0.39, 0.29) is 23.8 Å². The number of hydrogen-bond acceptors (Lipinski definition) is 3. The molecule has 2 fully saturated rings. The number of carbonyl (C=O) groups is 2. The fourth-order valence-electron chi connectivity index (χ4n) is 4.16. The first-order valence-electron chi connectivity index (χ1n) is 8.79. The highest BCUT2D eigenvalue weighted by atomic mass is 16.2. The Labute approximate surface area is 143 Å². The van der Waals surface area contributed by atoms with Gasteiger partial charge in [-0.25, -0.2) is 0 Å². The molecule has 2 amide bonds. The molecule has 2 atom stereocenters. The molecule has 1 aromatic carbocycles. The first-order chi connectivity index (χ1) is 11.4. The van der Waals surface area contributed by atoms with Gasteiger partial charge in [0, 0.05) is 37.8 Å². The Kier molecular flexibility index (Phi) is 4.63. The van der Waals surface area contributed by atoms with Crippen molar-refractivity contribution in [3.63, 3.8) is 0 Å². The fraction of sp³-hybridized carbons (Fsp3) is 0.579. The Morgan fingerprint density at radius 2 is 1.83 bits per heavy atom. The van der Waals surface area contributed by atoms with Crippen molar-refractivity contribution < 1.29 is 9.59 Å². The largest absolute Gasteiger partial charge is 0.341 e. The number of piperidine rings is 1. The van der Waals surface area contributed by atoms with Gasteiger partial charge < -0.3 is 15.5 Å². The fourth-order valence-corrected chi connectivity index (χ4v) is 4.16. The minimum absolute atomic E-state index is 0.0460. The van der Waals surface area contributed by atoms with Crippen molar-refractivity contribution in [3.05, 3.63) is 28.8 Å². The van der Waals surface area contributed by atoms with Crippen molar-refractivity contribution in [1.29, 1.82) is 0 Å². The molecule has 0 aromatic heterocycles. The van der Waals surface area contributed by atoms with E-state index in [1.807, 2.05) is 18.7 Å². The van der Waals surface area contributed by atoms with Crippen molar-refractivity contribution >= 4 is 17.5 Å². The van der Waals surface area contributed by atoms with Crippen LogP contribution < -0.4 is 10.6 Å². The molecule has 3 rings (SSSR count). The third kappa shape index (κ3) is 3.18. The number of carbonyl (C=O) groups excluding carboxylic acids is 2. The quantitative estimate of drug-likeness (QED) is 0.901. The van der Waals surface area contributed by atoms with Gasteiger partial charge in [-0.3, -0.25) is 9.59 Å². The molecule has 0 aliphatic carbocycles. The van der Waals surface area contributed by atoms with Gasteiger partial charge in [0.05, 0.1) is 5.92 Å². The van der Waals surface area contributed by atoms with Crippen LogP contribution in [-0.2, 0) is 9.59 Å². The molecule has 2 aliphatic heterocycles. The molecule has 24 heavy (non-hydrogen) atoms. The third-order valence-corrected chi connectivity index (χ3v) is 5.15. The summed E-state index contributed by atoms with van der Waals surface area (Å²) in [6.45, 7) is 7.98. The van der Waals surface area contributed by atoms with Crippen molar-refractivity contribution in [2.75, 3.05) is 24.5 Å². The highest BCUT2D eigenvalue weighted by molar-refractivity contribution is 6.01. The normalized spacial score (nSPS) is 24.6. The first-order valence-corrected chi connectivity index (χ1v) is 8.79. The minimum atomic E-state index is -0.247. The number of benzene rings is 1. The second kappa shape index (κ2) is 6.55. The van der Waals surface area contributed by atoms with Gasteiger partial charge in [-0.1, -0.05) is 17.7 Å². The lowest BCUT2D eigenvalue weighted by Crippen LogP contribution is -2.48. The average molecular weight is 329 g/mol. The van der Waals surface area contributed by atoms with E-state index < -0.39 is 0 Å². The van der Waals surface area contributed by atoms with Crippen LogP contribution in [0.25, 0.3) is 0 Å². The van der Waals surface area contributed by atoms with Gasteiger partial charge in [0.2, 0.25) is 11.8 Å². The van der Waals surface area contributed by atoms with Crippen LogP contribution in [0.4, 0.5) is 5.69 Å². The minimum Gasteiger partial charge on any atom is -0.341 e. The summed E-state index contributed by atoms with van der Waals surface area (Å²) in [4.78, 5) is 29.0. The summed E-state index contributed by atoms with van der Waals surface area (Å²) in [7, 11) is 0. The van der Waals surface area contributed by atoms with E-state index in [1.165, 1.54) is 5.56 Å². The van der Waals surface area contributed by atoms with Crippen LogP contribution in [0.3, 0.4) is 0 Å². The first kappa shape index (κ1) is 17.0. The molecule has 2 aliphatic rings. The summed E-state index contributed by atoms with van der Waals surface area (Å²) >= 11 is 0. The molecule has 2 saturated heterocycles. The number of aryl methyl sites for hydroxylation is 3. The lowest BCUT2D eigenvalue weighted by molar-refractivity contribution is -0.136. The van der Waals surface area contributed by atoms with E-state index in [4.69, 9.17) is 5.73 Å². The SMILES string of the molecule is Cc1cc(C)c(N2C[C@H](C(=O)N3CCC[C@H](N)C3)CC2=O)c(C)c1. The molecule has 0 unspecified atom stereocenters. The molecule has 0 radical (unpaired) electrons. The zero-order valence-corrected chi connectivity index (χ0v) is 14.8. The number of anilines is 1. The smallest absolute Gasteiger partial charge is 0.228 e. The zero-order valence-electron chi connectivity index (χ0n) is 14.8. The molecule has 5 heteroatoms. The number of likely N-dealkylation sites (tertiary alicyclic amines) is 1. The van der Waals surface area contributed by atoms with Crippen LogP contribution in [0.1, 0.15) is 36.0 Å². The number of amides is 2. The van der Waals surface area contributed by atoms with E-state index in [9.17, 15) is 9.59 Å². The van der Waals surface area contributed by atoms with Crippen LogP contribution >= 0.6 is 0 Å². The summed E-state index contributed by atoms with van der Waals surface area (Å²) in [5.41, 5.74) is 10.3. The van der Waals surface area contributed by atoms with Crippen molar-refractivity contribution in [1.82, 2.24) is 4.90 Å². The summed E-state index contributed by atoms with van der Waals surface area (Å²) in [6, 6.07) is 4.25. The van der Waals surface area contributed by atoms with E-state index in [0.29, 0.717) is 19.5 Å². The van der Waals surface area contributed by atoms with E-state index in [1.54, 1.807) is 4.90 Å². The number of nitrogens with two attached hydrogens (primary N) is 1. The van der Waals surface area contributed by atoms with Crippen LogP contribution in [0.2, 0.25) is 0 Å². The molecular formula is C19H27N3O2. The maximum Gasteiger partial charge on any atom is 0.228 e. The average Bonchev–Trinajstić information content (AvgIpc) is 2.87. The summed E-state index contributed by atoms with van der Waals surface area (Å²) in [5.74, 6) is -0.115. The van der Waals surface area contributed by atoms with Gasteiger partial charge in [0.25, 0.3) is 0 Å². The molecule has 1 aromatic rings. The molecule has 2 N–H and O–H groups in total. The Bertz CT molecular complexity index is 648. The Morgan fingerprint density at radius 1 is 1.17 bits per heavy atom. The summed E-state index contributed by atoms with van der Waals surface area (Å²) < 4.78 is 0. The topological polar surface area (TPSA) is 66.6 Å². The Balaban J connectivity index is 1.78. The standard InChI is InChI=1S/C19H27N3O2/c1-12-7-13(2)18(14(3)8-12)22-10-15(9-17(22)23)19(24)21-6-4-5-16(20)11-21/h7-8,15-16H,4-6,9-11,20H2,1-3H3/t15-,16+/m1/s1. The van der Waals surface area contributed by atoms with E-state index >= 15 is 0 Å². The van der Waals surface area contributed by atoms with Gasteiger partial charge in [0.15, 0.2) is 0 Å². The molecule has 2 heterocycles. The van der Waals surface area contributed by atoms with Crippen molar-refractivity contribution in [2.24, 2.45) is 11.7 Å². The number of hydrogen-bond donors (Lipinski definition) is 1. The molecule has 5 nitrogen and oxygen atoms in total. The third-order valence-electron chi connectivity index (χ3n) is 5.15. The van der Waals surface area contributed by atoms with Crippen LogP contribution in [-0.4, -0.2) is 42.4 Å². The van der Waals surface area contributed by atoms with Gasteiger partial charge >= 0.3 is 0 Å². The molecule has 0 spiro atoms. The maximum absolute atomic E-state index is 12.8. The van der Waals surface area contributed by atoms with Crippen molar-refractivity contribution in [2.45, 2.75) is 46.1 Å². The molecule has 0 bridgehead atoms. The van der Waals surface area contributed by atoms with Gasteiger partial charge in [-0.2, -0.15) is 0 Å². The van der Waals surface area contributed by atoms with Gasteiger partial charge in [0.1, 0.15) is 0 Å². The monoisotopic (exact) mass is 329 g/mol. The number of nitrogens with zero attached hydrogens (tertiary/aromatic N) is 2. The predicted octanol–water partition coefficient (Wildman–Crippen LogP) is 1.91. The Morgan fingerprint density at radius 3 is 2.46 bits per heavy atom. The predicted molar refractivity (Wildman–Crippen MR) is 94.9 cm³/mol. The highest BCUT2D eigenvalue weighted by Gasteiger charge is 2.38. The van der Waals surface area contributed by atoms with Gasteiger partial charge in [-0.15, -0.1) is 0 Å². The van der Waals surface area contributed by atoms with Gasteiger partial charge in [-0.05, 0) is 44.7 Å². The lowest BCUT2D eigenvalue weighted by Gasteiger charge is -2.32. The summed E-state index contributed by atoms with van der Waals surface area (Å²) in [5, 5.41) is 0. The lowest BCUT2D eigenvalue weighted by atomic mass is 10.0. The van der Waals surface area contributed by atoms with E-state index in [2.05, 4.69) is 19.1 Å². The van der Waals surface area contributed by atoms with E-state index in [0.717, 1.165) is 36.2 Å². The van der Waals surface area contributed by atoms with Crippen LogP contribution in [0.5, 0.6) is 0 Å². The van der Waals surface area contributed by atoms with Crippen molar-refractivity contribution in [3.8, 4) is 0 Å². The van der Waals surface area contributed by atoms with Crippen LogP contribution in [0.15, 0.2) is 12.1 Å². The summed E-state index contributed by atoms with van der Waals surface area (Å²) in [6.07, 6.45) is 2.23. The Hall–Kier alpha value is -1.88. The zero-order chi connectivity index (χ0) is 17.4. The molecule has 130 valence electrons. The second-order valence-electron chi connectivity index (χ2n) is 7.34. The highest BCUT2D eigenvalue weighted by Crippen LogP contribution is 2.32.